The summed E-state index contributed by atoms with van der Waals surface area (Å²) in [6.45, 7) is 5.75. The predicted molar refractivity (Wildman–Crippen MR) is 75.4 cm³/mol. The van der Waals surface area contributed by atoms with E-state index in [0.717, 1.165) is 0 Å². The van der Waals surface area contributed by atoms with Crippen LogP contribution in [0.1, 0.15) is 20.8 Å². The van der Waals surface area contributed by atoms with Gasteiger partial charge in [0.25, 0.3) is 0 Å². The Kier molecular flexibility index (Phi) is 5.33. The van der Waals surface area contributed by atoms with E-state index in [9.17, 15) is 14.3 Å². The molecule has 0 bridgehead atoms. The van der Waals surface area contributed by atoms with Crippen molar-refractivity contribution in [2.45, 2.75) is 26.9 Å². The summed E-state index contributed by atoms with van der Waals surface area (Å²) in [5.74, 6) is -0.215. The molecule has 20 heavy (non-hydrogen) atoms. The van der Waals surface area contributed by atoms with Crippen molar-refractivity contribution in [1.82, 2.24) is 5.32 Å². The van der Waals surface area contributed by atoms with Gasteiger partial charge in [-0.25, -0.2) is 9.18 Å². The number of amides is 2. The standard InChI is InChI=1S/C14H21FN2O3/c1-14(2,3)12(18)8-16-13(19)17-10-6-5-9(15)7-11(10)20-4/h5-7,12,18H,8H2,1-4H3,(H2,16,17,19). The number of rotatable bonds is 4. The van der Waals surface area contributed by atoms with Crippen LogP contribution >= 0.6 is 0 Å². The summed E-state index contributed by atoms with van der Waals surface area (Å²) in [5, 5.41) is 14.9. The van der Waals surface area contributed by atoms with Crippen LogP contribution < -0.4 is 15.4 Å². The number of aliphatic hydroxyl groups excluding tert-OH is 1. The van der Waals surface area contributed by atoms with Gasteiger partial charge in [-0.15, -0.1) is 0 Å². The number of hydrogen-bond acceptors (Lipinski definition) is 3. The van der Waals surface area contributed by atoms with E-state index in [1.165, 1.54) is 25.3 Å². The molecular weight excluding hydrogens is 263 g/mol. The molecule has 1 aromatic carbocycles. The second-order valence-corrected chi connectivity index (χ2v) is 5.56. The number of benzene rings is 1. The summed E-state index contributed by atoms with van der Waals surface area (Å²) in [6, 6.07) is 3.33. The fourth-order valence-electron chi connectivity index (χ4n) is 1.43. The van der Waals surface area contributed by atoms with Crippen molar-refractivity contribution in [3.8, 4) is 5.75 Å². The average Bonchev–Trinajstić information content (AvgIpc) is 2.36. The van der Waals surface area contributed by atoms with Crippen LogP contribution in [0.2, 0.25) is 0 Å². The van der Waals surface area contributed by atoms with E-state index in [-0.39, 0.29) is 17.7 Å². The van der Waals surface area contributed by atoms with Gasteiger partial charge < -0.3 is 20.5 Å². The van der Waals surface area contributed by atoms with Gasteiger partial charge in [0.15, 0.2) is 0 Å². The molecule has 112 valence electrons. The Labute approximate surface area is 118 Å². The first-order valence-electron chi connectivity index (χ1n) is 6.30. The Hall–Kier alpha value is -1.82. The zero-order chi connectivity index (χ0) is 15.3. The van der Waals surface area contributed by atoms with E-state index >= 15 is 0 Å². The number of carbonyl (C=O) groups is 1. The van der Waals surface area contributed by atoms with Gasteiger partial charge in [0, 0.05) is 12.6 Å². The minimum atomic E-state index is -0.664. The average molecular weight is 284 g/mol. The molecule has 0 radical (unpaired) electrons. The molecule has 1 atom stereocenters. The molecule has 6 heteroatoms. The Morgan fingerprint density at radius 2 is 2.10 bits per heavy atom. The third-order valence-corrected chi connectivity index (χ3v) is 2.87. The molecule has 0 aromatic heterocycles. The molecule has 0 fully saturated rings. The highest BCUT2D eigenvalue weighted by Crippen LogP contribution is 2.24. The lowest BCUT2D eigenvalue weighted by molar-refractivity contribution is 0.0654. The highest BCUT2D eigenvalue weighted by molar-refractivity contribution is 5.90. The molecular formula is C14H21FN2O3. The van der Waals surface area contributed by atoms with Crippen molar-refractivity contribution in [2.75, 3.05) is 19.0 Å². The van der Waals surface area contributed by atoms with Crippen LogP contribution in [0.3, 0.4) is 0 Å². The van der Waals surface area contributed by atoms with Gasteiger partial charge >= 0.3 is 6.03 Å². The Morgan fingerprint density at radius 1 is 1.45 bits per heavy atom. The first kappa shape index (κ1) is 16.2. The Morgan fingerprint density at radius 3 is 2.65 bits per heavy atom. The van der Waals surface area contributed by atoms with Crippen LogP contribution in [0.4, 0.5) is 14.9 Å². The maximum Gasteiger partial charge on any atom is 0.319 e. The fourth-order valence-corrected chi connectivity index (χ4v) is 1.43. The first-order chi connectivity index (χ1) is 9.24. The lowest BCUT2D eigenvalue weighted by Gasteiger charge is -2.25. The van der Waals surface area contributed by atoms with E-state index in [0.29, 0.717) is 5.69 Å². The monoisotopic (exact) mass is 284 g/mol. The van der Waals surface area contributed by atoms with Crippen molar-refractivity contribution in [2.24, 2.45) is 5.41 Å². The highest BCUT2D eigenvalue weighted by Gasteiger charge is 2.22. The van der Waals surface area contributed by atoms with Crippen LogP contribution in [0, 0.1) is 11.2 Å². The summed E-state index contributed by atoms with van der Waals surface area (Å²) >= 11 is 0. The molecule has 2 amide bonds. The van der Waals surface area contributed by atoms with E-state index < -0.39 is 18.0 Å². The molecule has 1 rings (SSSR count). The number of nitrogens with one attached hydrogen (secondary N) is 2. The molecule has 0 aliphatic heterocycles. The second kappa shape index (κ2) is 6.56. The van der Waals surface area contributed by atoms with E-state index in [1.54, 1.807) is 0 Å². The Balaban J connectivity index is 2.59. The number of aliphatic hydroxyl groups is 1. The molecule has 0 saturated carbocycles. The van der Waals surface area contributed by atoms with E-state index in [2.05, 4.69) is 10.6 Å². The van der Waals surface area contributed by atoms with E-state index in [1.807, 2.05) is 20.8 Å². The minimum absolute atomic E-state index is 0.124. The third-order valence-electron chi connectivity index (χ3n) is 2.87. The number of halogens is 1. The molecule has 0 heterocycles. The maximum absolute atomic E-state index is 13.0. The normalized spacial score (nSPS) is 12.7. The van der Waals surface area contributed by atoms with Gasteiger partial charge in [0.2, 0.25) is 0 Å². The number of ether oxygens (including phenoxy) is 1. The zero-order valence-electron chi connectivity index (χ0n) is 12.2. The van der Waals surface area contributed by atoms with Gasteiger partial charge in [-0.1, -0.05) is 20.8 Å². The van der Waals surface area contributed by atoms with Crippen LogP contribution in [0.5, 0.6) is 5.75 Å². The van der Waals surface area contributed by atoms with Gasteiger partial charge in [0.05, 0.1) is 18.9 Å². The predicted octanol–water partition coefficient (Wildman–Crippen LogP) is 2.36. The summed E-state index contributed by atoms with van der Waals surface area (Å²) < 4.78 is 18.0. The summed E-state index contributed by atoms with van der Waals surface area (Å²) in [4.78, 5) is 11.7. The molecule has 0 spiro atoms. The quantitative estimate of drug-likeness (QED) is 0.795. The van der Waals surface area contributed by atoms with Crippen molar-refractivity contribution >= 4 is 11.7 Å². The maximum atomic E-state index is 13.0. The van der Waals surface area contributed by atoms with Crippen molar-refractivity contribution in [1.29, 1.82) is 0 Å². The number of anilines is 1. The van der Waals surface area contributed by atoms with Crippen molar-refractivity contribution in [3.63, 3.8) is 0 Å². The number of carbonyl (C=O) groups excluding carboxylic acids is 1. The van der Waals surface area contributed by atoms with Gasteiger partial charge in [-0.3, -0.25) is 0 Å². The van der Waals surface area contributed by atoms with Gasteiger partial charge in [0.1, 0.15) is 11.6 Å². The summed E-state index contributed by atoms with van der Waals surface area (Å²) in [7, 11) is 1.39. The molecule has 1 aromatic rings. The summed E-state index contributed by atoms with van der Waals surface area (Å²) in [6.07, 6.45) is -0.664. The van der Waals surface area contributed by atoms with Crippen LogP contribution in [0.25, 0.3) is 0 Å². The van der Waals surface area contributed by atoms with E-state index in [4.69, 9.17) is 4.74 Å². The second-order valence-electron chi connectivity index (χ2n) is 5.56. The number of urea groups is 1. The van der Waals surface area contributed by atoms with Crippen molar-refractivity contribution in [3.05, 3.63) is 24.0 Å². The van der Waals surface area contributed by atoms with Crippen LogP contribution in [-0.4, -0.2) is 30.9 Å². The molecule has 3 N–H and O–H groups in total. The molecule has 0 aliphatic carbocycles. The highest BCUT2D eigenvalue weighted by atomic mass is 19.1. The number of hydrogen-bond donors (Lipinski definition) is 3. The van der Waals surface area contributed by atoms with Crippen LogP contribution in [-0.2, 0) is 0 Å². The zero-order valence-corrected chi connectivity index (χ0v) is 12.2. The lowest BCUT2D eigenvalue weighted by Crippen LogP contribution is -2.40. The van der Waals surface area contributed by atoms with Gasteiger partial charge in [-0.2, -0.15) is 0 Å². The molecule has 0 saturated heterocycles. The molecule has 0 aliphatic rings. The smallest absolute Gasteiger partial charge is 0.319 e. The van der Waals surface area contributed by atoms with Gasteiger partial charge in [-0.05, 0) is 17.5 Å². The topological polar surface area (TPSA) is 70.6 Å². The largest absolute Gasteiger partial charge is 0.494 e. The first-order valence-corrected chi connectivity index (χ1v) is 6.30. The Bertz CT molecular complexity index is 472. The SMILES string of the molecule is COc1cc(F)ccc1NC(=O)NCC(O)C(C)(C)C. The number of methoxy groups -OCH3 is 1. The van der Waals surface area contributed by atoms with Crippen LogP contribution in [0.15, 0.2) is 18.2 Å². The fraction of sp³-hybridized carbons (Fsp3) is 0.500. The molecule has 1 unspecified atom stereocenters. The summed E-state index contributed by atoms with van der Waals surface area (Å²) in [5.41, 5.74) is 0.0394. The molecule has 5 nitrogen and oxygen atoms in total. The minimum Gasteiger partial charge on any atom is -0.494 e. The lowest BCUT2D eigenvalue weighted by atomic mass is 9.89. The third kappa shape index (κ3) is 4.70. The van der Waals surface area contributed by atoms with Crippen molar-refractivity contribution < 1.29 is 19.0 Å².